The van der Waals surface area contributed by atoms with E-state index >= 15 is 4.79 Å². The average molecular weight is 1130 g/mol. The van der Waals surface area contributed by atoms with Gasteiger partial charge >= 0.3 is 5.97 Å². The highest BCUT2D eigenvalue weighted by molar-refractivity contribution is 5.91. The van der Waals surface area contributed by atoms with E-state index in [1.54, 1.807) is 18.2 Å². The SMILES string of the molecule is C=CCOc1c(OCc2ccccc2)cc([C@H]2Oc3cc(OCc4ccccc4)cc(OCc4ccccc4)c3C[C@H]2OC(=O)c2cc(OCc3ccccc3)c(OCc3ccccc3)c(OCc3ccccc3)c2)cc1OCc1ccccc1. The first kappa shape index (κ1) is 56.5. The van der Waals surface area contributed by atoms with E-state index in [9.17, 15) is 0 Å². The lowest BCUT2D eigenvalue weighted by Gasteiger charge is -2.35. The molecule has 0 saturated heterocycles. The smallest absolute Gasteiger partial charge is 0.338 e. The molecule has 10 aromatic rings. The van der Waals surface area contributed by atoms with E-state index in [0.717, 1.165) is 38.9 Å². The van der Waals surface area contributed by atoms with Crippen LogP contribution in [0.1, 0.15) is 66.5 Å². The molecule has 10 aromatic carbocycles. The van der Waals surface area contributed by atoms with E-state index in [1.807, 2.05) is 237 Å². The Morgan fingerprint density at radius 2 is 0.741 bits per heavy atom. The Balaban J connectivity index is 1.02. The molecule has 0 N–H and O–H groups in total. The van der Waals surface area contributed by atoms with E-state index in [2.05, 4.69) is 6.58 Å². The Morgan fingerprint density at radius 3 is 1.13 bits per heavy atom. The number of hydrogen-bond acceptors (Lipinski definition) is 11. The molecule has 0 fully saturated rings. The summed E-state index contributed by atoms with van der Waals surface area (Å²) in [6.07, 6.45) is -0.169. The van der Waals surface area contributed by atoms with Crippen LogP contribution in [0.15, 0.2) is 261 Å². The molecule has 0 spiro atoms. The standard InChI is InChI=1S/C74H64O11/c1-2-38-76-72-66(79-48-55-28-14-5-15-29-55)39-60(40-67(72)80-49-56-30-16-6-17-31-56)71-70(45-63-64(78-47-54-26-12-4-13-27-54)43-62(44-65(63)84-71)77-46-53-24-10-3-11-25-53)85-74(75)61-41-68(81-50-57-32-18-7-19-33-57)73(83-52-59-36-22-9-23-37-59)69(42-61)82-51-58-34-20-8-21-35-58/h2-37,39-44,70-71H,1,38,45-52H2/t70-,71-/m1/s1. The van der Waals surface area contributed by atoms with Crippen molar-refractivity contribution in [3.8, 4) is 51.7 Å². The average Bonchev–Trinajstić information content (AvgIpc) is 3.62. The van der Waals surface area contributed by atoms with Crippen molar-refractivity contribution in [1.29, 1.82) is 0 Å². The van der Waals surface area contributed by atoms with Crippen molar-refractivity contribution >= 4 is 5.97 Å². The van der Waals surface area contributed by atoms with Crippen molar-refractivity contribution in [2.75, 3.05) is 6.61 Å². The fourth-order valence-electron chi connectivity index (χ4n) is 9.69. The van der Waals surface area contributed by atoms with Crippen LogP contribution in [0.4, 0.5) is 0 Å². The predicted molar refractivity (Wildman–Crippen MR) is 327 cm³/mol. The maximum absolute atomic E-state index is 15.5. The Hall–Kier alpha value is -10.4. The number of esters is 1. The lowest BCUT2D eigenvalue weighted by atomic mass is 9.93. The van der Waals surface area contributed by atoms with Crippen LogP contribution in [0.2, 0.25) is 0 Å². The van der Waals surface area contributed by atoms with Gasteiger partial charge in [-0.1, -0.05) is 225 Å². The first-order chi connectivity index (χ1) is 42.0. The van der Waals surface area contributed by atoms with Crippen molar-refractivity contribution in [1.82, 2.24) is 0 Å². The second kappa shape index (κ2) is 28.5. The maximum atomic E-state index is 15.5. The molecule has 11 nitrogen and oxygen atoms in total. The molecular formula is C74H64O11. The van der Waals surface area contributed by atoms with Crippen molar-refractivity contribution in [2.24, 2.45) is 0 Å². The lowest BCUT2D eigenvalue weighted by molar-refractivity contribution is -0.0191. The zero-order valence-corrected chi connectivity index (χ0v) is 47.0. The molecule has 0 radical (unpaired) electrons. The largest absolute Gasteiger partial charge is 0.489 e. The molecule has 0 aliphatic carbocycles. The Morgan fingerprint density at radius 1 is 0.400 bits per heavy atom. The number of benzene rings is 10. The highest BCUT2D eigenvalue weighted by Crippen LogP contribution is 2.49. The molecule has 11 heteroatoms. The van der Waals surface area contributed by atoms with Crippen molar-refractivity contribution < 1.29 is 52.2 Å². The van der Waals surface area contributed by atoms with Gasteiger partial charge in [0, 0.05) is 29.7 Å². The van der Waals surface area contributed by atoms with Crippen molar-refractivity contribution in [2.45, 2.75) is 64.9 Å². The quantitative estimate of drug-likeness (QED) is 0.0363. The summed E-state index contributed by atoms with van der Waals surface area (Å²) in [7, 11) is 0. The molecule has 85 heavy (non-hydrogen) atoms. The van der Waals surface area contributed by atoms with Crippen LogP contribution in [-0.2, 0) is 57.4 Å². The first-order valence-corrected chi connectivity index (χ1v) is 28.3. The topological polar surface area (TPSA) is 109 Å². The van der Waals surface area contributed by atoms with Crippen LogP contribution in [0, 0.1) is 0 Å². The van der Waals surface area contributed by atoms with E-state index in [-0.39, 0.29) is 69.7 Å². The molecule has 0 aromatic heterocycles. The van der Waals surface area contributed by atoms with Crippen LogP contribution in [0.25, 0.3) is 0 Å². The summed E-state index contributed by atoms with van der Waals surface area (Å²) in [5.41, 5.74) is 7.98. The minimum absolute atomic E-state index is 0.150. The Kier molecular flexibility index (Phi) is 19.0. The minimum Gasteiger partial charge on any atom is -0.489 e. The molecule has 1 aliphatic heterocycles. The van der Waals surface area contributed by atoms with Crippen molar-refractivity contribution in [3.63, 3.8) is 0 Å². The fraction of sp³-hybridized carbons (Fsp3) is 0.149. The number of rotatable bonds is 27. The van der Waals surface area contributed by atoms with E-state index in [1.165, 1.54) is 0 Å². The number of carbonyl (C=O) groups excluding carboxylic acids is 1. The van der Waals surface area contributed by atoms with Gasteiger partial charge in [0.25, 0.3) is 0 Å². The highest BCUT2D eigenvalue weighted by Gasteiger charge is 2.39. The van der Waals surface area contributed by atoms with Gasteiger partial charge in [-0.2, -0.15) is 0 Å². The molecule has 0 bridgehead atoms. The summed E-state index contributed by atoms with van der Waals surface area (Å²) in [6.45, 7) is 5.61. The molecule has 1 aliphatic rings. The minimum atomic E-state index is -1.00. The van der Waals surface area contributed by atoms with Gasteiger partial charge in [0.1, 0.15) is 76.2 Å². The second-order valence-electron chi connectivity index (χ2n) is 20.3. The maximum Gasteiger partial charge on any atom is 0.338 e. The third-order valence-electron chi connectivity index (χ3n) is 14.0. The van der Waals surface area contributed by atoms with Crippen molar-refractivity contribution in [3.05, 3.63) is 317 Å². The van der Waals surface area contributed by atoms with Gasteiger partial charge in [-0.25, -0.2) is 4.79 Å². The third kappa shape index (κ3) is 15.4. The Bertz CT molecular complexity index is 3610. The predicted octanol–water partition coefficient (Wildman–Crippen LogP) is 16.2. The van der Waals surface area contributed by atoms with Gasteiger partial charge in [-0.15, -0.1) is 0 Å². The Labute approximate surface area is 496 Å². The molecule has 426 valence electrons. The number of fused-ring (bicyclic) bond motifs is 1. The zero-order chi connectivity index (χ0) is 57.8. The summed E-state index contributed by atoms with van der Waals surface area (Å²) >= 11 is 0. The number of hydrogen-bond donors (Lipinski definition) is 0. The first-order valence-electron chi connectivity index (χ1n) is 28.3. The number of ether oxygens (including phenoxy) is 10. The highest BCUT2D eigenvalue weighted by atomic mass is 16.6. The van der Waals surface area contributed by atoms with Crippen LogP contribution in [0.3, 0.4) is 0 Å². The molecule has 2 atom stereocenters. The third-order valence-corrected chi connectivity index (χ3v) is 14.0. The van der Waals surface area contributed by atoms with E-state index in [0.29, 0.717) is 58.0 Å². The molecule has 0 unspecified atom stereocenters. The van der Waals surface area contributed by atoms with Gasteiger partial charge in [0.15, 0.2) is 29.1 Å². The van der Waals surface area contributed by atoms with Crippen LogP contribution in [0.5, 0.6) is 51.7 Å². The van der Waals surface area contributed by atoms with Crippen LogP contribution >= 0.6 is 0 Å². The van der Waals surface area contributed by atoms with Crippen LogP contribution in [-0.4, -0.2) is 18.7 Å². The monoisotopic (exact) mass is 1130 g/mol. The van der Waals surface area contributed by atoms with Gasteiger partial charge in [0.05, 0.1) is 5.56 Å². The molecule has 11 rings (SSSR count). The molecule has 0 amide bonds. The lowest BCUT2D eigenvalue weighted by Crippen LogP contribution is -2.35. The summed E-state index contributed by atoms with van der Waals surface area (Å²) in [5, 5.41) is 0. The summed E-state index contributed by atoms with van der Waals surface area (Å²) in [6, 6.07) is 79.7. The zero-order valence-electron chi connectivity index (χ0n) is 47.0. The second-order valence-corrected chi connectivity index (χ2v) is 20.3. The van der Waals surface area contributed by atoms with Gasteiger partial charge in [0.2, 0.25) is 11.5 Å². The summed E-state index contributed by atoms with van der Waals surface area (Å²) in [4.78, 5) is 15.5. The normalized spacial score (nSPS) is 13.2. The van der Waals surface area contributed by atoms with Gasteiger partial charge in [-0.3, -0.25) is 0 Å². The number of carbonyl (C=O) groups is 1. The summed E-state index contributed by atoms with van der Waals surface area (Å²) in [5.74, 6) is 2.86. The molecule has 1 heterocycles. The van der Waals surface area contributed by atoms with Crippen LogP contribution < -0.4 is 42.6 Å². The summed E-state index contributed by atoms with van der Waals surface area (Å²) < 4.78 is 67.0. The van der Waals surface area contributed by atoms with Gasteiger partial charge < -0.3 is 47.4 Å². The molecular weight excluding hydrogens is 1060 g/mol. The van der Waals surface area contributed by atoms with E-state index < -0.39 is 18.2 Å². The molecule has 0 saturated carbocycles. The van der Waals surface area contributed by atoms with E-state index in [4.69, 9.17) is 47.4 Å². The fourth-order valence-corrected chi connectivity index (χ4v) is 9.69. The van der Waals surface area contributed by atoms with Gasteiger partial charge in [-0.05, 0) is 63.2 Å².